The smallest absolute Gasteiger partial charge is 0.0850 e. The van der Waals surface area contributed by atoms with E-state index in [-0.39, 0.29) is 0 Å². The molecule has 1 fully saturated rings. The number of rotatable bonds is 2. The van der Waals surface area contributed by atoms with Crippen LogP contribution in [0.2, 0.25) is 15.1 Å². The fourth-order valence-electron chi connectivity index (χ4n) is 1.17. The lowest BCUT2D eigenvalue weighted by Gasteiger charge is -2.03. The van der Waals surface area contributed by atoms with Gasteiger partial charge in [-0.15, -0.1) is 0 Å². The van der Waals surface area contributed by atoms with Gasteiger partial charge in [-0.1, -0.05) is 34.8 Å². The molecule has 13 heavy (non-hydrogen) atoms. The quantitative estimate of drug-likeness (QED) is 0.566. The Morgan fingerprint density at radius 1 is 1.23 bits per heavy atom. The van der Waals surface area contributed by atoms with Gasteiger partial charge in [-0.3, -0.25) is 0 Å². The Morgan fingerprint density at radius 2 is 1.77 bits per heavy atom. The molecule has 0 saturated carbocycles. The van der Waals surface area contributed by atoms with Crippen molar-refractivity contribution in [3.05, 3.63) is 32.8 Å². The van der Waals surface area contributed by atoms with Crippen LogP contribution in [0.1, 0.15) is 5.56 Å². The molecule has 0 aliphatic carbocycles. The van der Waals surface area contributed by atoms with Crippen molar-refractivity contribution in [3.8, 4) is 0 Å². The van der Waals surface area contributed by atoms with Crippen LogP contribution in [0.25, 0.3) is 0 Å². The van der Waals surface area contributed by atoms with Gasteiger partial charge < -0.3 is 4.74 Å². The highest BCUT2D eigenvalue weighted by Crippen LogP contribution is 2.32. The summed E-state index contributed by atoms with van der Waals surface area (Å²) in [5.41, 5.74) is 1.07. The molecule has 1 aromatic rings. The summed E-state index contributed by atoms with van der Waals surface area (Å²) in [5.74, 6) is 0. The first kappa shape index (κ1) is 9.60. The van der Waals surface area contributed by atoms with E-state index in [0.717, 1.165) is 18.6 Å². The fourth-order valence-corrected chi connectivity index (χ4v) is 1.82. The van der Waals surface area contributed by atoms with E-state index < -0.39 is 0 Å². The number of halogens is 3. The van der Waals surface area contributed by atoms with Gasteiger partial charge in [0.2, 0.25) is 0 Å². The van der Waals surface area contributed by atoms with Crippen LogP contribution in [0.15, 0.2) is 12.1 Å². The van der Waals surface area contributed by atoms with E-state index in [9.17, 15) is 0 Å². The summed E-state index contributed by atoms with van der Waals surface area (Å²) >= 11 is 17.5. The molecule has 1 nitrogen and oxygen atoms in total. The van der Waals surface area contributed by atoms with E-state index in [4.69, 9.17) is 39.5 Å². The first-order chi connectivity index (χ1) is 6.16. The SMILES string of the molecule is Clc1cc(CC2CO2)cc(Cl)c1Cl. The number of ether oxygens (including phenoxy) is 1. The number of hydrogen-bond acceptors (Lipinski definition) is 1. The van der Waals surface area contributed by atoms with E-state index in [0.29, 0.717) is 21.2 Å². The largest absolute Gasteiger partial charge is 0.373 e. The minimum Gasteiger partial charge on any atom is -0.373 e. The highest BCUT2D eigenvalue weighted by atomic mass is 35.5. The molecule has 4 heteroatoms. The zero-order chi connectivity index (χ0) is 9.42. The van der Waals surface area contributed by atoms with Gasteiger partial charge in [0.15, 0.2) is 0 Å². The minimum absolute atomic E-state index is 0.341. The molecule has 1 aliphatic rings. The second-order valence-corrected chi connectivity index (χ2v) is 4.23. The lowest BCUT2D eigenvalue weighted by atomic mass is 10.1. The first-order valence-corrected chi connectivity index (χ1v) is 5.05. The molecule has 1 aromatic carbocycles. The van der Waals surface area contributed by atoms with Crippen molar-refractivity contribution in [2.75, 3.05) is 6.61 Å². The lowest BCUT2D eigenvalue weighted by molar-refractivity contribution is 0.407. The molecule has 1 unspecified atom stereocenters. The second kappa shape index (κ2) is 3.66. The molecule has 2 rings (SSSR count). The van der Waals surface area contributed by atoms with E-state index in [1.807, 2.05) is 12.1 Å². The standard InChI is InChI=1S/C9H7Cl3O/c10-7-2-5(1-6-4-13-6)3-8(11)9(7)12/h2-3,6H,1,4H2. The van der Waals surface area contributed by atoms with Crippen LogP contribution >= 0.6 is 34.8 Å². The van der Waals surface area contributed by atoms with Crippen molar-refractivity contribution < 1.29 is 4.74 Å². The third-order valence-electron chi connectivity index (χ3n) is 1.91. The molecule has 70 valence electrons. The lowest BCUT2D eigenvalue weighted by Crippen LogP contribution is -1.93. The van der Waals surface area contributed by atoms with E-state index >= 15 is 0 Å². The maximum Gasteiger partial charge on any atom is 0.0850 e. The van der Waals surface area contributed by atoms with Crippen LogP contribution in [-0.4, -0.2) is 12.7 Å². The zero-order valence-electron chi connectivity index (χ0n) is 6.69. The molecule has 1 saturated heterocycles. The number of epoxide rings is 1. The molecule has 0 amide bonds. The van der Waals surface area contributed by atoms with Crippen molar-refractivity contribution >= 4 is 34.8 Å². The highest BCUT2D eigenvalue weighted by Gasteiger charge is 2.23. The van der Waals surface area contributed by atoms with Crippen molar-refractivity contribution in [2.24, 2.45) is 0 Å². The summed E-state index contributed by atoms with van der Waals surface area (Å²) < 4.78 is 5.10. The highest BCUT2D eigenvalue weighted by molar-refractivity contribution is 6.48. The van der Waals surface area contributed by atoms with Crippen molar-refractivity contribution in [3.63, 3.8) is 0 Å². The average molecular weight is 238 g/mol. The predicted octanol–water partition coefficient (Wildman–Crippen LogP) is 3.59. The summed E-state index contributed by atoms with van der Waals surface area (Å²) in [6.45, 7) is 0.831. The van der Waals surface area contributed by atoms with E-state index in [1.54, 1.807) is 0 Å². The Kier molecular flexibility index (Phi) is 2.70. The Balaban J connectivity index is 2.25. The number of hydrogen-bond donors (Lipinski definition) is 0. The van der Waals surface area contributed by atoms with Gasteiger partial charge in [0.1, 0.15) is 0 Å². The predicted molar refractivity (Wildman–Crippen MR) is 54.9 cm³/mol. The second-order valence-electron chi connectivity index (χ2n) is 3.03. The maximum atomic E-state index is 5.87. The van der Waals surface area contributed by atoms with Gasteiger partial charge in [0.05, 0.1) is 27.8 Å². The molecule has 1 aliphatic heterocycles. The van der Waals surface area contributed by atoms with Crippen molar-refractivity contribution in [2.45, 2.75) is 12.5 Å². The van der Waals surface area contributed by atoms with E-state index in [2.05, 4.69) is 0 Å². The van der Waals surface area contributed by atoms with Gasteiger partial charge in [-0.05, 0) is 17.7 Å². The molecule has 0 N–H and O–H groups in total. The maximum absolute atomic E-state index is 5.87. The molecule has 1 heterocycles. The van der Waals surface area contributed by atoms with Gasteiger partial charge in [0, 0.05) is 6.42 Å². The van der Waals surface area contributed by atoms with Gasteiger partial charge >= 0.3 is 0 Å². The molecule has 1 atom stereocenters. The summed E-state index contributed by atoms with van der Waals surface area (Å²) in [6, 6.07) is 3.66. The van der Waals surface area contributed by atoms with Crippen LogP contribution in [0.3, 0.4) is 0 Å². The van der Waals surface area contributed by atoms with Crippen LogP contribution in [0.4, 0.5) is 0 Å². The average Bonchev–Trinajstić information content (AvgIpc) is 2.84. The molecule has 0 radical (unpaired) electrons. The van der Waals surface area contributed by atoms with Gasteiger partial charge in [-0.2, -0.15) is 0 Å². The molecular formula is C9H7Cl3O. The Labute approximate surface area is 91.5 Å². The summed E-state index contributed by atoms with van der Waals surface area (Å²) in [7, 11) is 0. The molecule has 0 spiro atoms. The summed E-state index contributed by atoms with van der Waals surface area (Å²) in [6.07, 6.45) is 1.20. The van der Waals surface area contributed by atoms with Gasteiger partial charge in [-0.25, -0.2) is 0 Å². The van der Waals surface area contributed by atoms with Crippen LogP contribution < -0.4 is 0 Å². The first-order valence-electron chi connectivity index (χ1n) is 3.92. The number of benzene rings is 1. The van der Waals surface area contributed by atoms with Crippen LogP contribution in [-0.2, 0) is 11.2 Å². The third kappa shape index (κ3) is 2.29. The Morgan fingerprint density at radius 3 is 2.23 bits per heavy atom. The third-order valence-corrected chi connectivity index (χ3v) is 3.11. The normalized spacial score (nSPS) is 20.4. The minimum atomic E-state index is 0.341. The summed E-state index contributed by atoms with van der Waals surface area (Å²) in [5, 5.41) is 1.43. The van der Waals surface area contributed by atoms with Crippen LogP contribution in [0.5, 0.6) is 0 Å². The zero-order valence-corrected chi connectivity index (χ0v) is 8.96. The van der Waals surface area contributed by atoms with Crippen molar-refractivity contribution in [1.29, 1.82) is 0 Å². The van der Waals surface area contributed by atoms with Gasteiger partial charge in [0.25, 0.3) is 0 Å². The van der Waals surface area contributed by atoms with E-state index in [1.165, 1.54) is 0 Å². The fraction of sp³-hybridized carbons (Fsp3) is 0.333. The topological polar surface area (TPSA) is 12.5 Å². The molecule has 0 aromatic heterocycles. The molecular weight excluding hydrogens is 230 g/mol. The monoisotopic (exact) mass is 236 g/mol. The molecule has 0 bridgehead atoms. The van der Waals surface area contributed by atoms with Crippen LogP contribution in [0, 0.1) is 0 Å². The van der Waals surface area contributed by atoms with Crippen molar-refractivity contribution in [1.82, 2.24) is 0 Å². The summed E-state index contributed by atoms with van der Waals surface area (Å²) in [4.78, 5) is 0. The Bertz CT molecular complexity index is 311. The Hall–Kier alpha value is 0.0500.